The van der Waals surface area contributed by atoms with E-state index in [-0.39, 0.29) is 24.0 Å². The summed E-state index contributed by atoms with van der Waals surface area (Å²) in [6, 6.07) is 8.75. The van der Waals surface area contributed by atoms with Crippen molar-refractivity contribution in [3.05, 3.63) is 47.0 Å². The average molecular weight is 264 g/mol. The van der Waals surface area contributed by atoms with Crippen LogP contribution in [0.2, 0.25) is 0 Å². The molecule has 1 atom stereocenters. The summed E-state index contributed by atoms with van der Waals surface area (Å²) in [6.07, 6.45) is -1.08. The van der Waals surface area contributed by atoms with E-state index in [0.717, 1.165) is 0 Å². The van der Waals surface area contributed by atoms with Gasteiger partial charge in [-0.15, -0.1) is 0 Å². The van der Waals surface area contributed by atoms with Crippen LogP contribution in [-0.2, 0) is 16.0 Å². The van der Waals surface area contributed by atoms with Gasteiger partial charge in [0, 0.05) is 12.8 Å². The van der Waals surface area contributed by atoms with Crippen molar-refractivity contribution in [1.82, 2.24) is 0 Å². The summed E-state index contributed by atoms with van der Waals surface area (Å²) in [4.78, 5) is 22.4. The first-order chi connectivity index (χ1) is 8.91. The number of aliphatic hydroxyl groups is 1. The molecule has 0 amide bonds. The van der Waals surface area contributed by atoms with Crippen molar-refractivity contribution < 1.29 is 24.9 Å². The van der Waals surface area contributed by atoms with E-state index in [1.54, 1.807) is 30.3 Å². The summed E-state index contributed by atoms with van der Waals surface area (Å²) in [6.45, 7) is 1.42. The molecule has 0 saturated carbocycles. The van der Waals surface area contributed by atoms with Crippen molar-refractivity contribution in [3.8, 4) is 0 Å². The Balaban J connectivity index is 3.15. The monoisotopic (exact) mass is 264 g/mol. The van der Waals surface area contributed by atoms with Crippen molar-refractivity contribution in [3.63, 3.8) is 0 Å². The number of carboxylic acids is 2. The fraction of sp³-hybridized carbons (Fsp3) is 0.286. The highest BCUT2D eigenvalue weighted by Gasteiger charge is 2.21. The molecule has 0 aromatic heterocycles. The molecule has 5 heteroatoms. The zero-order chi connectivity index (χ0) is 14.4. The lowest BCUT2D eigenvalue weighted by Crippen LogP contribution is -2.17. The molecule has 1 aromatic carbocycles. The van der Waals surface area contributed by atoms with Crippen molar-refractivity contribution >= 4 is 11.9 Å². The third-order valence-corrected chi connectivity index (χ3v) is 2.60. The van der Waals surface area contributed by atoms with Crippen LogP contribution in [0.25, 0.3) is 0 Å². The maximum Gasteiger partial charge on any atom is 0.332 e. The number of benzene rings is 1. The summed E-state index contributed by atoms with van der Waals surface area (Å²) in [5, 5.41) is 27.5. The minimum Gasteiger partial charge on any atom is -0.478 e. The molecular formula is C14H16O5. The summed E-state index contributed by atoms with van der Waals surface area (Å²) in [7, 11) is 0. The van der Waals surface area contributed by atoms with E-state index in [0.29, 0.717) is 5.56 Å². The minimum atomic E-state index is -1.31. The Hall–Kier alpha value is -2.14. The van der Waals surface area contributed by atoms with E-state index < -0.39 is 18.0 Å². The van der Waals surface area contributed by atoms with Gasteiger partial charge in [-0.25, -0.2) is 9.59 Å². The molecule has 1 unspecified atom stereocenters. The van der Waals surface area contributed by atoms with E-state index in [9.17, 15) is 14.7 Å². The van der Waals surface area contributed by atoms with Gasteiger partial charge in [-0.05, 0) is 12.5 Å². The maximum atomic E-state index is 11.2. The number of carbonyl (C=O) groups is 2. The first-order valence-corrected chi connectivity index (χ1v) is 5.82. The predicted molar refractivity (Wildman–Crippen MR) is 68.7 cm³/mol. The van der Waals surface area contributed by atoms with E-state index in [2.05, 4.69) is 0 Å². The van der Waals surface area contributed by atoms with E-state index in [1.807, 2.05) is 0 Å². The molecule has 102 valence electrons. The van der Waals surface area contributed by atoms with Gasteiger partial charge in [0.05, 0.1) is 17.3 Å². The van der Waals surface area contributed by atoms with E-state index in [1.165, 1.54) is 6.92 Å². The zero-order valence-corrected chi connectivity index (χ0v) is 10.5. The Morgan fingerprint density at radius 1 is 1.05 bits per heavy atom. The number of hydrogen-bond donors (Lipinski definition) is 3. The highest BCUT2D eigenvalue weighted by Crippen LogP contribution is 2.17. The molecule has 1 aromatic rings. The molecule has 0 saturated heterocycles. The van der Waals surface area contributed by atoms with Gasteiger partial charge >= 0.3 is 11.9 Å². The van der Waals surface area contributed by atoms with Crippen LogP contribution < -0.4 is 0 Å². The topological polar surface area (TPSA) is 94.8 Å². The fourth-order valence-corrected chi connectivity index (χ4v) is 1.75. The lowest BCUT2D eigenvalue weighted by molar-refractivity contribution is -0.136. The fourth-order valence-electron chi connectivity index (χ4n) is 1.75. The number of aliphatic hydroxyl groups excluding tert-OH is 1. The van der Waals surface area contributed by atoms with E-state index >= 15 is 0 Å². The van der Waals surface area contributed by atoms with E-state index in [4.69, 9.17) is 10.2 Å². The highest BCUT2D eigenvalue weighted by atomic mass is 16.4. The number of hydrogen-bond acceptors (Lipinski definition) is 3. The van der Waals surface area contributed by atoms with Gasteiger partial charge in [-0.3, -0.25) is 0 Å². The average Bonchev–Trinajstić information content (AvgIpc) is 2.34. The number of aliphatic carboxylic acids is 2. The van der Waals surface area contributed by atoms with Crippen molar-refractivity contribution in [1.29, 1.82) is 0 Å². The first kappa shape index (κ1) is 14.9. The van der Waals surface area contributed by atoms with Crippen LogP contribution >= 0.6 is 0 Å². The normalized spacial score (nSPS) is 13.6. The van der Waals surface area contributed by atoms with Crippen LogP contribution in [0.3, 0.4) is 0 Å². The van der Waals surface area contributed by atoms with Crippen LogP contribution in [0.5, 0.6) is 0 Å². The number of carboxylic acid groups (broad SMARTS) is 2. The third kappa shape index (κ3) is 4.56. The molecule has 0 aliphatic rings. The largest absolute Gasteiger partial charge is 0.478 e. The van der Waals surface area contributed by atoms with Crippen LogP contribution in [0.4, 0.5) is 0 Å². The van der Waals surface area contributed by atoms with Gasteiger partial charge in [0.15, 0.2) is 0 Å². The quantitative estimate of drug-likeness (QED) is 0.676. The third-order valence-electron chi connectivity index (χ3n) is 2.60. The number of rotatable bonds is 6. The molecule has 0 bridgehead atoms. The maximum absolute atomic E-state index is 11.2. The van der Waals surface area contributed by atoms with Gasteiger partial charge in [0.1, 0.15) is 0 Å². The summed E-state index contributed by atoms with van der Waals surface area (Å²) in [5.74, 6) is -2.59. The molecule has 0 radical (unpaired) electrons. The highest BCUT2D eigenvalue weighted by molar-refractivity contribution is 5.99. The van der Waals surface area contributed by atoms with Crippen LogP contribution in [0.15, 0.2) is 41.5 Å². The Kier molecular flexibility index (Phi) is 5.26. The SMILES string of the molecule is CC(O)C/C(C(=O)O)=C(/Cc1ccccc1)C(=O)O. The van der Waals surface area contributed by atoms with Crippen LogP contribution in [0, 0.1) is 0 Å². The molecule has 0 fully saturated rings. The second-order valence-electron chi connectivity index (χ2n) is 4.28. The molecule has 19 heavy (non-hydrogen) atoms. The van der Waals surface area contributed by atoms with Crippen LogP contribution in [-0.4, -0.2) is 33.4 Å². The molecule has 0 heterocycles. The summed E-state index contributed by atoms with van der Waals surface area (Å²) >= 11 is 0. The molecule has 5 nitrogen and oxygen atoms in total. The molecular weight excluding hydrogens is 248 g/mol. The lowest BCUT2D eigenvalue weighted by atomic mass is 9.96. The summed E-state index contributed by atoms with van der Waals surface area (Å²) in [5.41, 5.74) is 0.259. The van der Waals surface area contributed by atoms with Crippen molar-refractivity contribution in [2.75, 3.05) is 0 Å². The smallest absolute Gasteiger partial charge is 0.332 e. The second-order valence-corrected chi connectivity index (χ2v) is 4.28. The Labute approximate surface area is 110 Å². The minimum absolute atomic E-state index is 0.0184. The van der Waals surface area contributed by atoms with Gasteiger partial charge in [0.25, 0.3) is 0 Å². The molecule has 0 spiro atoms. The Morgan fingerprint density at radius 2 is 1.58 bits per heavy atom. The first-order valence-electron chi connectivity index (χ1n) is 5.82. The van der Waals surface area contributed by atoms with Gasteiger partial charge in [-0.2, -0.15) is 0 Å². The second kappa shape index (κ2) is 6.70. The lowest BCUT2D eigenvalue weighted by Gasteiger charge is -2.10. The molecule has 3 N–H and O–H groups in total. The Morgan fingerprint density at radius 3 is 2.00 bits per heavy atom. The molecule has 0 aliphatic heterocycles. The Bertz CT molecular complexity index is 488. The predicted octanol–water partition coefficient (Wildman–Crippen LogP) is 1.47. The van der Waals surface area contributed by atoms with Crippen LogP contribution in [0.1, 0.15) is 18.9 Å². The zero-order valence-electron chi connectivity index (χ0n) is 10.5. The molecule has 0 aliphatic carbocycles. The molecule has 1 rings (SSSR count). The summed E-state index contributed by atoms with van der Waals surface area (Å²) < 4.78 is 0. The van der Waals surface area contributed by atoms with Crippen molar-refractivity contribution in [2.24, 2.45) is 0 Å². The van der Waals surface area contributed by atoms with Gasteiger partial charge < -0.3 is 15.3 Å². The van der Waals surface area contributed by atoms with Gasteiger partial charge in [-0.1, -0.05) is 30.3 Å². The standard InChI is InChI=1S/C14H16O5/c1-9(15)7-11(13(16)17)12(14(18)19)8-10-5-3-2-4-6-10/h2-6,9,15H,7-8H2,1H3,(H,16,17)(H,18,19)/b12-11+. The van der Waals surface area contributed by atoms with Gasteiger partial charge in [0.2, 0.25) is 0 Å². The van der Waals surface area contributed by atoms with Crippen molar-refractivity contribution in [2.45, 2.75) is 25.9 Å².